The normalized spacial score (nSPS) is 14.8. The average Bonchev–Trinajstić information content (AvgIpc) is 3.16. The Bertz CT molecular complexity index is 444. The third-order valence-corrected chi connectivity index (χ3v) is 3.21. The molecule has 0 heterocycles. The second kappa shape index (κ2) is 5.27. The number of hydrogen-bond acceptors (Lipinski definition) is 4. The van der Waals surface area contributed by atoms with Crippen LogP contribution >= 0.6 is 0 Å². The van der Waals surface area contributed by atoms with Crippen LogP contribution in [0.1, 0.15) is 23.2 Å². The number of rotatable bonds is 5. The molecule has 1 aromatic carbocycles. The molecule has 1 aromatic rings. The van der Waals surface area contributed by atoms with Crippen molar-refractivity contribution in [1.29, 1.82) is 0 Å². The number of benzene rings is 1. The topological polar surface area (TPSA) is 78.6 Å². The molecule has 1 saturated carbocycles. The zero-order valence-corrected chi connectivity index (χ0v) is 10.5. The number of nitrogen functional groups attached to an aromatic ring is 1. The number of phenols is 1. The van der Waals surface area contributed by atoms with Crippen LogP contribution in [0.4, 0.5) is 5.69 Å². The van der Waals surface area contributed by atoms with Crippen LogP contribution in [0.2, 0.25) is 0 Å². The second-order valence-electron chi connectivity index (χ2n) is 4.74. The number of nitrogens with two attached hydrogens (primary N) is 1. The summed E-state index contributed by atoms with van der Waals surface area (Å²) in [7, 11) is 2.07. The van der Waals surface area contributed by atoms with Crippen molar-refractivity contribution in [2.24, 2.45) is 0 Å². The predicted octanol–water partition coefficient (Wildman–Crippen LogP) is 0.798. The fourth-order valence-electron chi connectivity index (χ4n) is 1.83. The Kier molecular flexibility index (Phi) is 3.72. The molecule has 0 saturated heterocycles. The largest absolute Gasteiger partial charge is 0.506 e. The fraction of sp³-hybridized carbons (Fsp3) is 0.462. The van der Waals surface area contributed by atoms with Crippen LogP contribution in [0.5, 0.6) is 5.75 Å². The molecule has 5 nitrogen and oxygen atoms in total. The number of carbonyl (C=O) groups is 1. The second-order valence-corrected chi connectivity index (χ2v) is 4.74. The SMILES string of the molecule is CN(CCNC(=O)c1ccc(N)c(O)c1)C1CC1. The molecule has 0 radical (unpaired) electrons. The van der Waals surface area contributed by atoms with Gasteiger partial charge in [0.1, 0.15) is 5.75 Å². The fourth-order valence-corrected chi connectivity index (χ4v) is 1.83. The maximum Gasteiger partial charge on any atom is 0.251 e. The summed E-state index contributed by atoms with van der Waals surface area (Å²) in [5, 5.41) is 12.3. The number of amides is 1. The Morgan fingerprint density at radius 1 is 1.56 bits per heavy atom. The van der Waals surface area contributed by atoms with Crippen LogP contribution < -0.4 is 11.1 Å². The third-order valence-electron chi connectivity index (χ3n) is 3.21. The summed E-state index contributed by atoms with van der Waals surface area (Å²) in [6, 6.07) is 5.22. The van der Waals surface area contributed by atoms with Crippen molar-refractivity contribution >= 4 is 11.6 Å². The van der Waals surface area contributed by atoms with E-state index in [4.69, 9.17) is 5.73 Å². The van der Waals surface area contributed by atoms with E-state index in [0.29, 0.717) is 18.2 Å². The van der Waals surface area contributed by atoms with Crippen LogP contribution in [0.15, 0.2) is 18.2 Å². The quantitative estimate of drug-likeness (QED) is 0.533. The highest BCUT2D eigenvalue weighted by Crippen LogP contribution is 2.24. The molecule has 0 unspecified atom stereocenters. The van der Waals surface area contributed by atoms with Crippen LogP contribution in [0.25, 0.3) is 0 Å². The molecule has 0 atom stereocenters. The molecule has 5 heteroatoms. The van der Waals surface area contributed by atoms with Gasteiger partial charge in [-0.05, 0) is 38.1 Å². The van der Waals surface area contributed by atoms with Gasteiger partial charge in [0.25, 0.3) is 5.91 Å². The number of aromatic hydroxyl groups is 1. The average molecular weight is 249 g/mol. The molecule has 0 bridgehead atoms. The number of nitrogens with one attached hydrogen (secondary N) is 1. The molecule has 1 amide bonds. The lowest BCUT2D eigenvalue weighted by molar-refractivity contribution is 0.0949. The van der Waals surface area contributed by atoms with Crippen molar-refractivity contribution in [2.75, 3.05) is 25.9 Å². The number of nitrogens with zero attached hydrogens (tertiary/aromatic N) is 1. The van der Waals surface area contributed by atoms with E-state index in [-0.39, 0.29) is 17.3 Å². The zero-order chi connectivity index (χ0) is 13.1. The lowest BCUT2D eigenvalue weighted by Gasteiger charge is -2.15. The minimum absolute atomic E-state index is 0.0576. The molecular weight excluding hydrogens is 230 g/mol. The molecule has 18 heavy (non-hydrogen) atoms. The smallest absolute Gasteiger partial charge is 0.251 e. The molecule has 98 valence electrons. The van der Waals surface area contributed by atoms with Crippen LogP contribution in [0, 0.1) is 0 Å². The van der Waals surface area contributed by atoms with E-state index in [1.165, 1.54) is 25.0 Å². The van der Waals surface area contributed by atoms with Crippen molar-refractivity contribution < 1.29 is 9.90 Å². The van der Waals surface area contributed by atoms with E-state index in [1.807, 2.05) is 0 Å². The first-order valence-electron chi connectivity index (χ1n) is 6.15. The molecule has 0 aliphatic heterocycles. The predicted molar refractivity (Wildman–Crippen MR) is 70.5 cm³/mol. The highest BCUT2D eigenvalue weighted by molar-refractivity contribution is 5.95. The molecule has 2 rings (SSSR count). The molecule has 1 aliphatic carbocycles. The lowest BCUT2D eigenvalue weighted by atomic mass is 10.2. The summed E-state index contributed by atoms with van der Waals surface area (Å²) in [6.07, 6.45) is 2.52. The van der Waals surface area contributed by atoms with Gasteiger partial charge in [0, 0.05) is 24.7 Å². The van der Waals surface area contributed by atoms with Gasteiger partial charge in [-0.2, -0.15) is 0 Å². The van der Waals surface area contributed by atoms with E-state index >= 15 is 0 Å². The van der Waals surface area contributed by atoms with Crippen LogP contribution in [-0.2, 0) is 0 Å². The maximum absolute atomic E-state index is 11.8. The molecule has 1 aliphatic rings. The first kappa shape index (κ1) is 12.7. The van der Waals surface area contributed by atoms with Gasteiger partial charge < -0.3 is 21.1 Å². The van der Waals surface area contributed by atoms with Gasteiger partial charge in [-0.1, -0.05) is 0 Å². The van der Waals surface area contributed by atoms with Crippen molar-refractivity contribution in [3.8, 4) is 5.75 Å². The zero-order valence-electron chi connectivity index (χ0n) is 10.5. The molecule has 1 fully saturated rings. The van der Waals surface area contributed by atoms with Crippen molar-refractivity contribution in [1.82, 2.24) is 10.2 Å². The van der Waals surface area contributed by atoms with Gasteiger partial charge in [0.2, 0.25) is 0 Å². The number of anilines is 1. The monoisotopic (exact) mass is 249 g/mol. The van der Waals surface area contributed by atoms with Gasteiger partial charge in [0.05, 0.1) is 5.69 Å². The first-order valence-corrected chi connectivity index (χ1v) is 6.15. The van der Waals surface area contributed by atoms with Gasteiger partial charge in [-0.15, -0.1) is 0 Å². The minimum Gasteiger partial charge on any atom is -0.506 e. The van der Waals surface area contributed by atoms with E-state index in [9.17, 15) is 9.90 Å². The summed E-state index contributed by atoms with van der Waals surface area (Å²) in [6.45, 7) is 1.45. The Labute approximate surface area is 107 Å². The van der Waals surface area contributed by atoms with Crippen molar-refractivity contribution in [2.45, 2.75) is 18.9 Å². The summed E-state index contributed by atoms with van der Waals surface area (Å²) in [5.74, 6) is -0.243. The van der Waals surface area contributed by atoms with Gasteiger partial charge in [-0.25, -0.2) is 0 Å². The van der Waals surface area contributed by atoms with E-state index in [2.05, 4.69) is 17.3 Å². The van der Waals surface area contributed by atoms with E-state index in [1.54, 1.807) is 6.07 Å². The summed E-state index contributed by atoms with van der Waals surface area (Å²) in [5.41, 5.74) is 6.19. The van der Waals surface area contributed by atoms with Crippen LogP contribution in [-0.4, -0.2) is 42.1 Å². The van der Waals surface area contributed by atoms with Gasteiger partial charge >= 0.3 is 0 Å². The first-order chi connectivity index (χ1) is 8.58. The molecule has 4 N–H and O–H groups in total. The Balaban J connectivity index is 1.81. The minimum atomic E-state index is -0.186. The molecular formula is C13H19N3O2. The van der Waals surface area contributed by atoms with Crippen molar-refractivity contribution in [3.05, 3.63) is 23.8 Å². The number of hydrogen-bond donors (Lipinski definition) is 3. The van der Waals surface area contributed by atoms with Crippen molar-refractivity contribution in [3.63, 3.8) is 0 Å². The highest BCUT2D eigenvalue weighted by Gasteiger charge is 2.25. The molecule has 0 aromatic heterocycles. The third kappa shape index (κ3) is 3.13. The highest BCUT2D eigenvalue weighted by atomic mass is 16.3. The number of carbonyl (C=O) groups excluding carboxylic acids is 1. The van der Waals surface area contributed by atoms with Crippen LogP contribution in [0.3, 0.4) is 0 Å². The summed E-state index contributed by atoms with van der Waals surface area (Å²) < 4.78 is 0. The molecule has 0 spiro atoms. The number of likely N-dealkylation sites (N-methyl/N-ethyl adjacent to an activating group) is 1. The standard InChI is InChI=1S/C13H19N3O2/c1-16(10-3-4-10)7-6-15-13(18)9-2-5-11(14)12(17)8-9/h2,5,8,10,17H,3-4,6-7,14H2,1H3,(H,15,18). The summed E-state index contributed by atoms with van der Waals surface area (Å²) in [4.78, 5) is 14.0. The summed E-state index contributed by atoms with van der Waals surface area (Å²) >= 11 is 0. The van der Waals surface area contributed by atoms with Gasteiger partial charge in [-0.3, -0.25) is 4.79 Å². The van der Waals surface area contributed by atoms with E-state index in [0.717, 1.165) is 6.54 Å². The Morgan fingerprint density at radius 3 is 2.89 bits per heavy atom. The maximum atomic E-state index is 11.8. The Hall–Kier alpha value is -1.75. The van der Waals surface area contributed by atoms with Gasteiger partial charge in [0.15, 0.2) is 0 Å². The number of phenolic OH excluding ortho intramolecular Hbond substituents is 1. The van der Waals surface area contributed by atoms with E-state index < -0.39 is 0 Å². The Morgan fingerprint density at radius 2 is 2.28 bits per heavy atom. The lowest BCUT2D eigenvalue weighted by Crippen LogP contribution is -2.33.